The molecule has 1 unspecified atom stereocenters. The second-order valence-electron chi connectivity index (χ2n) is 4.66. The Hall–Kier alpha value is -1.14. The Balaban J connectivity index is 1.92. The SMILES string of the molecule is CCC(N)C(=O)N1CCN(c2ccc(Br)cn2)CC1. The number of hydrogen-bond acceptors (Lipinski definition) is 4. The van der Waals surface area contributed by atoms with Gasteiger partial charge in [0.2, 0.25) is 5.91 Å². The van der Waals surface area contributed by atoms with Crippen LogP contribution in [-0.2, 0) is 4.79 Å². The quantitative estimate of drug-likeness (QED) is 0.907. The third-order valence-corrected chi connectivity index (χ3v) is 3.85. The molecule has 104 valence electrons. The molecular weight excluding hydrogens is 308 g/mol. The van der Waals surface area contributed by atoms with Gasteiger partial charge in [-0.1, -0.05) is 6.92 Å². The number of carbonyl (C=O) groups excluding carboxylic acids is 1. The van der Waals surface area contributed by atoms with Gasteiger partial charge in [0, 0.05) is 36.8 Å². The molecule has 1 aromatic heterocycles. The molecule has 5 nitrogen and oxygen atoms in total. The van der Waals surface area contributed by atoms with Crippen LogP contribution in [-0.4, -0.2) is 48.0 Å². The van der Waals surface area contributed by atoms with Gasteiger partial charge in [-0.3, -0.25) is 4.79 Å². The van der Waals surface area contributed by atoms with Gasteiger partial charge in [-0.25, -0.2) is 4.98 Å². The minimum atomic E-state index is -0.364. The van der Waals surface area contributed by atoms with Gasteiger partial charge in [-0.05, 0) is 34.5 Å². The van der Waals surface area contributed by atoms with Crippen molar-refractivity contribution in [3.8, 4) is 0 Å². The van der Waals surface area contributed by atoms with Crippen LogP contribution in [0.2, 0.25) is 0 Å². The van der Waals surface area contributed by atoms with E-state index in [1.807, 2.05) is 24.0 Å². The average molecular weight is 327 g/mol. The Labute approximate surface area is 121 Å². The molecule has 0 aromatic carbocycles. The predicted molar refractivity (Wildman–Crippen MR) is 79.0 cm³/mol. The zero-order chi connectivity index (χ0) is 13.8. The zero-order valence-corrected chi connectivity index (χ0v) is 12.6. The molecule has 0 aliphatic carbocycles. The van der Waals surface area contributed by atoms with Crippen LogP contribution in [0.15, 0.2) is 22.8 Å². The van der Waals surface area contributed by atoms with E-state index in [1.165, 1.54) is 0 Å². The summed E-state index contributed by atoms with van der Waals surface area (Å²) in [5.74, 6) is 1.01. The number of hydrogen-bond donors (Lipinski definition) is 1. The van der Waals surface area contributed by atoms with Crippen molar-refractivity contribution >= 4 is 27.7 Å². The highest BCUT2D eigenvalue weighted by Crippen LogP contribution is 2.16. The molecule has 2 heterocycles. The average Bonchev–Trinajstić information content (AvgIpc) is 2.46. The fourth-order valence-electron chi connectivity index (χ4n) is 2.12. The van der Waals surface area contributed by atoms with Gasteiger partial charge in [0.15, 0.2) is 0 Å². The number of carbonyl (C=O) groups is 1. The minimum Gasteiger partial charge on any atom is -0.353 e. The highest BCUT2D eigenvalue weighted by Gasteiger charge is 2.24. The smallest absolute Gasteiger partial charge is 0.239 e. The molecule has 1 fully saturated rings. The van der Waals surface area contributed by atoms with Crippen LogP contribution in [0.25, 0.3) is 0 Å². The third kappa shape index (κ3) is 3.45. The van der Waals surface area contributed by atoms with Gasteiger partial charge in [0.1, 0.15) is 5.82 Å². The zero-order valence-electron chi connectivity index (χ0n) is 11.1. The van der Waals surface area contributed by atoms with Gasteiger partial charge < -0.3 is 15.5 Å². The number of nitrogens with zero attached hydrogens (tertiary/aromatic N) is 3. The molecule has 0 bridgehead atoms. The van der Waals surface area contributed by atoms with Gasteiger partial charge >= 0.3 is 0 Å². The highest BCUT2D eigenvalue weighted by atomic mass is 79.9. The van der Waals surface area contributed by atoms with Crippen LogP contribution in [0.4, 0.5) is 5.82 Å². The summed E-state index contributed by atoms with van der Waals surface area (Å²) in [7, 11) is 0. The van der Waals surface area contributed by atoms with E-state index < -0.39 is 0 Å². The molecule has 1 amide bonds. The Bertz CT molecular complexity index is 429. The summed E-state index contributed by atoms with van der Waals surface area (Å²) in [5, 5.41) is 0. The van der Waals surface area contributed by atoms with E-state index in [4.69, 9.17) is 5.73 Å². The van der Waals surface area contributed by atoms with Crippen molar-refractivity contribution in [1.82, 2.24) is 9.88 Å². The lowest BCUT2D eigenvalue weighted by atomic mass is 10.2. The molecular formula is C13H19BrN4O. The topological polar surface area (TPSA) is 62.5 Å². The molecule has 1 aliphatic heterocycles. The molecule has 0 spiro atoms. The maximum atomic E-state index is 12.0. The molecule has 1 atom stereocenters. The third-order valence-electron chi connectivity index (χ3n) is 3.38. The van der Waals surface area contributed by atoms with E-state index >= 15 is 0 Å². The number of rotatable bonds is 3. The maximum Gasteiger partial charge on any atom is 0.239 e. The van der Waals surface area contributed by atoms with Crippen molar-refractivity contribution in [2.24, 2.45) is 5.73 Å². The van der Waals surface area contributed by atoms with Crippen molar-refractivity contribution in [3.63, 3.8) is 0 Å². The Morgan fingerprint density at radius 1 is 1.42 bits per heavy atom. The van der Waals surface area contributed by atoms with E-state index in [-0.39, 0.29) is 11.9 Å². The van der Waals surface area contributed by atoms with Crippen LogP contribution in [0.3, 0.4) is 0 Å². The number of pyridine rings is 1. The summed E-state index contributed by atoms with van der Waals surface area (Å²) in [6.07, 6.45) is 2.48. The van der Waals surface area contributed by atoms with E-state index in [2.05, 4.69) is 25.8 Å². The van der Waals surface area contributed by atoms with Crippen molar-refractivity contribution in [2.75, 3.05) is 31.1 Å². The summed E-state index contributed by atoms with van der Waals surface area (Å²) in [6.45, 7) is 4.97. The second kappa shape index (κ2) is 6.34. The van der Waals surface area contributed by atoms with Crippen LogP contribution >= 0.6 is 15.9 Å². The Kier molecular flexibility index (Phi) is 4.76. The van der Waals surface area contributed by atoms with Crippen molar-refractivity contribution < 1.29 is 4.79 Å². The van der Waals surface area contributed by atoms with Crippen molar-refractivity contribution in [2.45, 2.75) is 19.4 Å². The molecule has 2 N–H and O–H groups in total. The number of halogens is 1. The van der Waals surface area contributed by atoms with Gasteiger partial charge in [-0.15, -0.1) is 0 Å². The first-order chi connectivity index (χ1) is 9.11. The maximum absolute atomic E-state index is 12.0. The fraction of sp³-hybridized carbons (Fsp3) is 0.538. The van der Waals surface area contributed by atoms with E-state index in [0.717, 1.165) is 23.4 Å². The normalized spacial score (nSPS) is 17.4. The summed E-state index contributed by atoms with van der Waals surface area (Å²) in [4.78, 5) is 20.4. The van der Waals surface area contributed by atoms with Gasteiger partial charge in [0.25, 0.3) is 0 Å². The van der Waals surface area contributed by atoms with Crippen LogP contribution < -0.4 is 10.6 Å². The first-order valence-electron chi connectivity index (χ1n) is 6.52. The molecule has 2 rings (SSSR count). The number of amides is 1. The van der Waals surface area contributed by atoms with Crippen molar-refractivity contribution in [1.29, 1.82) is 0 Å². The lowest BCUT2D eigenvalue weighted by Crippen LogP contribution is -2.53. The van der Waals surface area contributed by atoms with Crippen LogP contribution in [0.5, 0.6) is 0 Å². The fourth-order valence-corrected chi connectivity index (χ4v) is 2.35. The monoisotopic (exact) mass is 326 g/mol. The van der Waals surface area contributed by atoms with Gasteiger partial charge in [-0.2, -0.15) is 0 Å². The first kappa shape index (κ1) is 14.3. The molecule has 1 saturated heterocycles. The number of aromatic nitrogens is 1. The van der Waals surface area contributed by atoms with E-state index in [0.29, 0.717) is 19.5 Å². The Morgan fingerprint density at radius 2 is 2.11 bits per heavy atom. The van der Waals surface area contributed by atoms with Gasteiger partial charge in [0.05, 0.1) is 6.04 Å². The highest BCUT2D eigenvalue weighted by molar-refractivity contribution is 9.10. The molecule has 0 radical (unpaired) electrons. The lowest BCUT2D eigenvalue weighted by Gasteiger charge is -2.36. The summed E-state index contributed by atoms with van der Waals surface area (Å²) < 4.78 is 0.971. The minimum absolute atomic E-state index is 0.0610. The standard InChI is InChI=1S/C13H19BrN4O/c1-2-11(15)13(19)18-7-5-17(6-8-18)12-4-3-10(14)9-16-12/h3-4,9,11H,2,5-8,15H2,1H3. The molecule has 19 heavy (non-hydrogen) atoms. The summed E-state index contributed by atoms with van der Waals surface area (Å²) in [6, 6.07) is 3.60. The molecule has 6 heteroatoms. The summed E-state index contributed by atoms with van der Waals surface area (Å²) in [5.41, 5.74) is 5.79. The van der Waals surface area contributed by atoms with E-state index in [1.54, 1.807) is 6.20 Å². The second-order valence-corrected chi connectivity index (χ2v) is 5.58. The molecule has 0 saturated carbocycles. The number of nitrogens with two attached hydrogens (primary N) is 1. The molecule has 1 aliphatic rings. The first-order valence-corrected chi connectivity index (χ1v) is 7.32. The van der Waals surface area contributed by atoms with Crippen molar-refractivity contribution in [3.05, 3.63) is 22.8 Å². The van der Waals surface area contributed by atoms with Crippen LogP contribution in [0.1, 0.15) is 13.3 Å². The number of piperazine rings is 1. The summed E-state index contributed by atoms with van der Waals surface area (Å²) >= 11 is 3.37. The van der Waals surface area contributed by atoms with E-state index in [9.17, 15) is 4.79 Å². The van der Waals surface area contributed by atoms with Crippen LogP contribution in [0, 0.1) is 0 Å². The largest absolute Gasteiger partial charge is 0.353 e. The lowest BCUT2D eigenvalue weighted by molar-refractivity contribution is -0.132. The Morgan fingerprint density at radius 3 is 2.63 bits per heavy atom. The number of anilines is 1. The molecule has 1 aromatic rings. The predicted octanol–water partition coefficient (Wildman–Crippen LogP) is 1.23.